The minimum atomic E-state index is -0.114. The average Bonchev–Trinajstić information content (AvgIpc) is 3.07. The monoisotopic (exact) mass is 267 g/mol. The second-order valence-corrected chi connectivity index (χ2v) is 6.25. The number of nitrogens with zero attached hydrogens (tertiary/aromatic N) is 1. The van der Waals surface area contributed by atoms with Gasteiger partial charge >= 0.3 is 0 Å². The molecule has 2 amide bonds. The number of para-hydroxylation sites is 1. The number of hydrogen-bond acceptors (Lipinski definition) is 2. The Labute approximate surface area is 118 Å². The molecule has 3 heteroatoms. The number of allylic oxidation sites excluding steroid dienone is 2. The second kappa shape index (κ2) is 3.81. The molecule has 2 fully saturated rings. The first kappa shape index (κ1) is 11.9. The molecule has 0 aromatic heterocycles. The van der Waals surface area contributed by atoms with E-state index in [4.69, 9.17) is 0 Å². The van der Waals surface area contributed by atoms with Gasteiger partial charge in [0, 0.05) is 0 Å². The highest BCUT2D eigenvalue weighted by Crippen LogP contribution is 2.53. The van der Waals surface area contributed by atoms with Gasteiger partial charge in [-0.3, -0.25) is 9.59 Å². The number of aryl methyl sites for hydroxylation is 2. The van der Waals surface area contributed by atoms with Gasteiger partial charge in [0.05, 0.1) is 17.5 Å². The lowest BCUT2D eigenvalue weighted by Gasteiger charge is -2.21. The zero-order valence-corrected chi connectivity index (χ0v) is 11.7. The number of imide groups is 1. The molecular weight excluding hydrogens is 250 g/mol. The molecule has 2 aliphatic carbocycles. The summed E-state index contributed by atoms with van der Waals surface area (Å²) < 4.78 is 0. The van der Waals surface area contributed by atoms with Crippen molar-refractivity contribution >= 4 is 17.5 Å². The van der Waals surface area contributed by atoms with E-state index in [0.717, 1.165) is 23.2 Å². The maximum absolute atomic E-state index is 12.8. The molecule has 1 aliphatic heterocycles. The van der Waals surface area contributed by atoms with E-state index in [2.05, 4.69) is 12.2 Å². The molecule has 1 saturated carbocycles. The first-order valence-electron chi connectivity index (χ1n) is 7.22. The first-order chi connectivity index (χ1) is 9.59. The molecule has 0 radical (unpaired) electrons. The van der Waals surface area contributed by atoms with E-state index in [1.165, 1.54) is 4.90 Å². The van der Waals surface area contributed by atoms with Crippen LogP contribution in [-0.4, -0.2) is 11.8 Å². The van der Waals surface area contributed by atoms with Crippen molar-refractivity contribution in [2.24, 2.45) is 23.7 Å². The number of carbonyl (C=O) groups excluding carboxylic acids is 2. The van der Waals surface area contributed by atoms with Gasteiger partial charge in [-0.1, -0.05) is 30.4 Å². The van der Waals surface area contributed by atoms with Gasteiger partial charge in [0.1, 0.15) is 0 Å². The molecule has 1 aromatic carbocycles. The van der Waals surface area contributed by atoms with Gasteiger partial charge in [0.25, 0.3) is 0 Å². The van der Waals surface area contributed by atoms with Gasteiger partial charge in [-0.2, -0.15) is 0 Å². The average molecular weight is 267 g/mol. The van der Waals surface area contributed by atoms with Crippen LogP contribution in [0, 0.1) is 37.5 Å². The Bertz CT molecular complexity index is 611. The molecule has 102 valence electrons. The second-order valence-electron chi connectivity index (χ2n) is 6.25. The third kappa shape index (κ3) is 1.30. The fraction of sp³-hybridized carbons (Fsp3) is 0.412. The van der Waals surface area contributed by atoms with Crippen molar-refractivity contribution in [3.8, 4) is 0 Å². The summed E-state index contributed by atoms with van der Waals surface area (Å²) in [5, 5.41) is 0. The van der Waals surface area contributed by atoms with Crippen LogP contribution in [-0.2, 0) is 9.59 Å². The van der Waals surface area contributed by atoms with Crippen molar-refractivity contribution in [3.63, 3.8) is 0 Å². The molecule has 0 spiro atoms. The minimum absolute atomic E-state index is 0.00856. The normalized spacial score (nSPS) is 34.2. The van der Waals surface area contributed by atoms with Gasteiger partial charge in [0.15, 0.2) is 0 Å². The van der Waals surface area contributed by atoms with Crippen LogP contribution in [0.3, 0.4) is 0 Å². The Balaban J connectivity index is 1.82. The highest BCUT2D eigenvalue weighted by Gasteiger charge is 2.59. The summed E-state index contributed by atoms with van der Waals surface area (Å²) in [5.41, 5.74) is 2.79. The van der Waals surface area contributed by atoms with Crippen molar-refractivity contribution in [2.75, 3.05) is 4.90 Å². The first-order valence-corrected chi connectivity index (χ1v) is 7.22. The van der Waals surface area contributed by atoms with Crippen LogP contribution < -0.4 is 4.90 Å². The lowest BCUT2D eigenvalue weighted by molar-refractivity contribution is -0.123. The fourth-order valence-corrected chi connectivity index (χ4v) is 4.28. The maximum atomic E-state index is 12.8. The Hall–Kier alpha value is -1.90. The highest BCUT2D eigenvalue weighted by molar-refractivity contribution is 6.23. The summed E-state index contributed by atoms with van der Waals surface area (Å²) in [4.78, 5) is 27.0. The van der Waals surface area contributed by atoms with E-state index in [9.17, 15) is 9.59 Å². The summed E-state index contributed by atoms with van der Waals surface area (Å²) in [6.45, 7) is 3.92. The standard InChI is InChI=1S/C17H17NO2/c1-9-4-3-5-10(2)15(9)18-16(19)13-11-6-7-12(8-11)14(13)17(18)20/h3-7,11-14H,8H2,1-2H3/t11-,12+,13-,14+. The summed E-state index contributed by atoms with van der Waals surface area (Å²) in [5.74, 6) is 0.336. The SMILES string of the molecule is Cc1cccc(C)c1N1C(=O)[C@@H]2[C@H](C1=O)[C@@H]1C=C[C@H]2C1. The van der Waals surface area contributed by atoms with E-state index in [1.807, 2.05) is 32.0 Å². The van der Waals surface area contributed by atoms with Crippen molar-refractivity contribution in [1.29, 1.82) is 0 Å². The Morgan fingerprint density at radius 3 is 1.95 bits per heavy atom. The van der Waals surface area contributed by atoms with E-state index in [0.29, 0.717) is 0 Å². The molecule has 20 heavy (non-hydrogen) atoms. The van der Waals surface area contributed by atoms with Crippen molar-refractivity contribution in [1.82, 2.24) is 0 Å². The number of benzene rings is 1. The number of anilines is 1. The number of carbonyl (C=O) groups is 2. The Morgan fingerprint density at radius 1 is 0.950 bits per heavy atom. The number of fused-ring (bicyclic) bond motifs is 5. The molecule has 1 heterocycles. The summed E-state index contributed by atoms with van der Waals surface area (Å²) in [6.07, 6.45) is 5.24. The number of hydrogen-bond donors (Lipinski definition) is 0. The summed E-state index contributed by atoms with van der Waals surface area (Å²) in [6, 6.07) is 5.89. The summed E-state index contributed by atoms with van der Waals surface area (Å²) >= 11 is 0. The van der Waals surface area contributed by atoms with Gasteiger partial charge < -0.3 is 0 Å². The molecule has 4 rings (SSSR count). The molecule has 1 aromatic rings. The predicted molar refractivity (Wildman–Crippen MR) is 76.1 cm³/mol. The largest absolute Gasteiger partial charge is 0.274 e. The minimum Gasteiger partial charge on any atom is -0.274 e. The predicted octanol–water partition coefficient (Wildman–Crippen LogP) is 2.61. The Kier molecular flexibility index (Phi) is 2.27. The van der Waals surface area contributed by atoms with Gasteiger partial charge in [-0.15, -0.1) is 0 Å². The molecule has 0 unspecified atom stereocenters. The molecule has 1 saturated heterocycles. The van der Waals surface area contributed by atoms with Gasteiger partial charge in [-0.25, -0.2) is 4.90 Å². The topological polar surface area (TPSA) is 37.4 Å². The van der Waals surface area contributed by atoms with Gasteiger partial charge in [0.2, 0.25) is 11.8 Å². The fourth-order valence-electron chi connectivity index (χ4n) is 4.28. The molecule has 0 N–H and O–H groups in total. The van der Waals surface area contributed by atoms with E-state index < -0.39 is 0 Å². The van der Waals surface area contributed by atoms with Crippen LogP contribution in [0.4, 0.5) is 5.69 Å². The number of amides is 2. The van der Waals surface area contributed by atoms with Crippen LogP contribution in [0.1, 0.15) is 17.5 Å². The number of rotatable bonds is 1. The highest BCUT2D eigenvalue weighted by atomic mass is 16.2. The van der Waals surface area contributed by atoms with Crippen molar-refractivity contribution in [2.45, 2.75) is 20.3 Å². The zero-order valence-electron chi connectivity index (χ0n) is 11.7. The lowest BCUT2D eigenvalue weighted by Crippen LogP contribution is -2.34. The van der Waals surface area contributed by atoms with Gasteiger partial charge in [-0.05, 0) is 43.2 Å². The third-order valence-electron chi connectivity index (χ3n) is 5.13. The van der Waals surface area contributed by atoms with Crippen molar-refractivity contribution < 1.29 is 9.59 Å². The lowest BCUT2D eigenvalue weighted by atomic mass is 9.85. The molecular formula is C17H17NO2. The quantitative estimate of drug-likeness (QED) is 0.579. The molecule has 3 nitrogen and oxygen atoms in total. The Morgan fingerprint density at radius 2 is 1.45 bits per heavy atom. The van der Waals surface area contributed by atoms with E-state index in [-0.39, 0.29) is 35.5 Å². The van der Waals surface area contributed by atoms with E-state index in [1.54, 1.807) is 0 Å². The molecule has 2 bridgehead atoms. The van der Waals surface area contributed by atoms with Crippen LogP contribution in [0.5, 0.6) is 0 Å². The zero-order chi connectivity index (χ0) is 14.0. The maximum Gasteiger partial charge on any atom is 0.238 e. The smallest absolute Gasteiger partial charge is 0.238 e. The summed E-state index contributed by atoms with van der Waals surface area (Å²) in [7, 11) is 0. The van der Waals surface area contributed by atoms with Crippen LogP contribution >= 0.6 is 0 Å². The molecule has 3 aliphatic rings. The van der Waals surface area contributed by atoms with E-state index >= 15 is 0 Å². The third-order valence-corrected chi connectivity index (χ3v) is 5.13. The van der Waals surface area contributed by atoms with Crippen molar-refractivity contribution in [3.05, 3.63) is 41.5 Å². The van der Waals surface area contributed by atoms with Crippen LogP contribution in [0.2, 0.25) is 0 Å². The molecule has 4 atom stereocenters. The van der Waals surface area contributed by atoms with Crippen LogP contribution in [0.25, 0.3) is 0 Å². The van der Waals surface area contributed by atoms with Crippen LogP contribution in [0.15, 0.2) is 30.4 Å².